The van der Waals surface area contributed by atoms with Gasteiger partial charge in [0.25, 0.3) is 0 Å². The van der Waals surface area contributed by atoms with Gasteiger partial charge in [0.15, 0.2) is 0 Å². The number of esters is 1. The van der Waals surface area contributed by atoms with Crippen LogP contribution in [0.15, 0.2) is 0 Å². The van der Waals surface area contributed by atoms with Gasteiger partial charge in [-0.3, -0.25) is 4.79 Å². The first-order chi connectivity index (χ1) is 6.65. The highest BCUT2D eigenvalue weighted by atomic mass is 16.5. The second-order valence-corrected chi connectivity index (χ2v) is 4.30. The van der Waals surface area contributed by atoms with Crippen molar-refractivity contribution in [2.45, 2.75) is 38.6 Å². The van der Waals surface area contributed by atoms with Crippen LogP contribution in [0.25, 0.3) is 0 Å². The summed E-state index contributed by atoms with van der Waals surface area (Å²) in [6.07, 6.45) is 5.23. The number of carbonyl (C=O) groups excluding carboxylic acids is 1. The molecule has 0 spiro atoms. The molecule has 0 heterocycles. The van der Waals surface area contributed by atoms with Gasteiger partial charge in [0.1, 0.15) is 0 Å². The van der Waals surface area contributed by atoms with Crippen LogP contribution in [0.4, 0.5) is 0 Å². The van der Waals surface area contributed by atoms with Gasteiger partial charge in [-0.15, -0.1) is 0 Å². The Morgan fingerprint density at radius 2 is 2.07 bits per heavy atom. The minimum absolute atomic E-state index is 0.00870. The summed E-state index contributed by atoms with van der Waals surface area (Å²) in [6.45, 7) is 2.74. The Balaban J connectivity index is 2.31. The summed E-state index contributed by atoms with van der Waals surface area (Å²) >= 11 is 0. The molecule has 0 bridgehead atoms. The van der Waals surface area contributed by atoms with Crippen LogP contribution < -0.4 is 0 Å². The molecule has 0 aliphatic heterocycles. The van der Waals surface area contributed by atoms with Crippen molar-refractivity contribution in [1.29, 1.82) is 0 Å². The average molecular weight is 199 g/mol. The summed E-state index contributed by atoms with van der Waals surface area (Å²) in [4.78, 5) is 13.5. The van der Waals surface area contributed by atoms with Crippen molar-refractivity contribution >= 4 is 5.97 Å². The molecule has 0 aromatic rings. The molecule has 0 aromatic heterocycles. The highest BCUT2D eigenvalue weighted by Gasteiger charge is 2.23. The molecule has 3 nitrogen and oxygen atoms in total. The van der Waals surface area contributed by atoms with Crippen molar-refractivity contribution in [2.24, 2.45) is 5.92 Å². The molecular weight excluding hydrogens is 178 g/mol. The zero-order valence-corrected chi connectivity index (χ0v) is 9.45. The molecule has 0 aromatic carbocycles. The second-order valence-electron chi connectivity index (χ2n) is 4.30. The number of ether oxygens (including phenoxy) is 1. The van der Waals surface area contributed by atoms with Gasteiger partial charge in [0.05, 0.1) is 13.0 Å². The molecule has 1 aliphatic rings. The smallest absolute Gasteiger partial charge is 0.309 e. The maximum Gasteiger partial charge on any atom is 0.309 e. The Morgan fingerprint density at radius 3 is 2.57 bits per heavy atom. The number of hydrogen-bond acceptors (Lipinski definition) is 3. The van der Waals surface area contributed by atoms with E-state index in [9.17, 15) is 4.79 Å². The molecule has 1 atom stereocenters. The zero-order chi connectivity index (χ0) is 10.6. The predicted molar refractivity (Wildman–Crippen MR) is 56.1 cm³/mol. The molecule has 1 aliphatic carbocycles. The summed E-state index contributed by atoms with van der Waals surface area (Å²) in [5.74, 6) is -0.111. The number of hydrogen-bond donors (Lipinski definition) is 0. The van der Waals surface area contributed by atoms with E-state index in [4.69, 9.17) is 4.74 Å². The molecule has 3 heteroatoms. The number of nitrogens with zero attached hydrogens (tertiary/aromatic N) is 1. The van der Waals surface area contributed by atoms with Crippen molar-refractivity contribution in [1.82, 2.24) is 4.90 Å². The first kappa shape index (κ1) is 11.5. The van der Waals surface area contributed by atoms with E-state index in [0.717, 1.165) is 6.54 Å². The van der Waals surface area contributed by atoms with E-state index in [1.807, 2.05) is 6.92 Å². The monoisotopic (exact) mass is 199 g/mol. The summed E-state index contributed by atoms with van der Waals surface area (Å²) in [6, 6.07) is 0.683. The van der Waals surface area contributed by atoms with E-state index in [0.29, 0.717) is 6.04 Å². The Hall–Kier alpha value is -0.570. The Morgan fingerprint density at radius 1 is 1.50 bits per heavy atom. The molecule has 0 radical (unpaired) electrons. The number of methoxy groups -OCH3 is 1. The van der Waals surface area contributed by atoms with Crippen LogP contribution in [0.3, 0.4) is 0 Å². The van der Waals surface area contributed by atoms with Crippen LogP contribution in [0.2, 0.25) is 0 Å². The fraction of sp³-hybridized carbons (Fsp3) is 0.909. The van der Waals surface area contributed by atoms with Gasteiger partial charge in [-0.25, -0.2) is 0 Å². The average Bonchev–Trinajstić information content (AvgIpc) is 2.69. The van der Waals surface area contributed by atoms with Crippen molar-refractivity contribution in [3.05, 3.63) is 0 Å². The quantitative estimate of drug-likeness (QED) is 0.645. The molecule has 1 saturated carbocycles. The lowest BCUT2D eigenvalue weighted by atomic mass is 10.1. The summed E-state index contributed by atoms with van der Waals surface area (Å²) in [7, 11) is 3.56. The highest BCUT2D eigenvalue weighted by molar-refractivity contribution is 5.72. The van der Waals surface area contributed by atoms with Gasteiger partial charge in [0, 0.05) is 12.6 Å². The molecule has 1 fully saturated rings. The van der Waals surface area contributed by atoms with Crippen molar-refractivity contribution in [2.75, 3.05) is 20.7 Å². The maximum atomic E-state index is 11.2. The van der Waals surface area contributed by atoms with E-state index in [1.165, 1.54) is 32.8 Å². The SMILES string of the molecule is COC(=O)C(C)CN(C)C1CCCC1. The molecule has 82 valence electrons. The number of carbonyl (C=O) groups is 1. The first-order valence-corrected chi connectivity index (χ1v) is 5.43. The second kappa shape index (κ2) is 5.35. The lowest BCUT2D eigenvalue weighted by Crippen LogP contribution is -2.35. The van der Waals surface area contributed by atoms with E-state index >= 15 is 0 Å². The van der Waals surface area contributed by atoms with Gasteiger partial charge in [-0.2, -0.15) is 0 Å². The Bertz CT molecular complexity index is 188. The van der Waals surface area contributed by atoms with E-state index < -0.39 is 0 Å². The Labute approximate surface area is 86.4 Å². The van der Waals surface area contributed by atoms with Crippen LogP contribution in [-0.2, 0) is 9.53 Å². The Kier molecular flexibility index (Phi) is 4.39. The third-order valence-electron chi connectivity index (χ3n) is 3.11. The summed E-state index contributed by atoms with van der Waals surface area (Å²) in [5, 5.41) is 0. The molecule has 0 saturated heterocycles. The van der Waals surface area contributed by atoms with Gasteiger partial charge >= 0.3 is 5.97 Å². The zero-order valence-electron chi connectivity index (χ0n) is 9.45. The van der Waals surface area contributed by atoms with Gasteiger partial charge in [0.2, 0.25) is 0 Å². The standard InChI is InChI=1S/C11H21NO2/c1-9(11(13)14-3)8-12(2)10-6-4-5-7-10/h9-10H,4-8H2,1-3H3. The largest absolute Gasteiger partial charge is 0.469 e. The molecule has 0 N–H and O–H groups in total. The molecule has 14 heavy (non-hydrogen) atoms. The van der Waals surface area contributed by atoms with Crippen LogP contribution in [0, 0.1) is 5.92 Å². The minimum Gasteiger partial charge on any atom is -0.469 e. The lowest BCUT2D eigenvalue weighted by molar-refractivity contribution is -0.145. The fourth-order valence-corrected chi connectivity index (χ4v) is 2.20. The lowest BCUT2D eigenvalue weighted by Gasteiger charge is -2.25. The molecule has 1 unspecified atom stereocenters. The molecule has 0 amide bonds. The third kappa shape index (κ3) is 2.98. The predicted octanol–water partition coefficient (Wildman–Crippen LogP) is 1.67. The topological polar surface area (TPSA) is 29.5 Å². The van der Waals surface area contributed by atoms with Crippen molar-refractivity contribution < 1.29 is 9.53 Å². The summed E-state index contributed by atoms with van der Waals surface area (Å²) < 4.78 is 4.71. The van der Waals surface area contributed by atoms with Gasteiger partial charge in [-0.05, 0) is 19.9 Å². The van der Waals surface area contributed by atoms with E-state index in [1.54, 1.807) is 0 Å². The molecular formula is C11H21NO2. The van der Waals surface area contributed by atoms with Gasteiger partial charge < -0.3 is 9.64 Å². The number of rotatable bonds is 4. The summed E-state index contributed by atoms with van der Waals surface area (Å²) in [5.41, 5.74) is 0. The van der Waals surface area contributed by atoms with Crippen LogP contribution in [0.1, 0.15) is 32.6 Å². The van der Waals surface area contributed by atoms with Crippen LogP contribution >= 0.6 is 0 Å². The van der Waals surface area contributed by atoms with E-state index in [2.05, 4.69) is 11.9 Å². The van der Waals surface area contributed by atoms with Gasteiger partial charge in [-0.1, -0.05) is 19.8 Å². The first-order valence-electron chi connectivity index (χ1n) is 5.43. The molecule has 1 rings (SSSR count). The van der Waals surface area contributed by atoms with Crippen molar-refractivity contribution in [3.63, 3.8) is 0 Å². The minimum atomic E-state index is -0.102. The highest BCUT2D eigenvalue weighted by Crippen LogP contribution is 2.22. The normalized spacial score (nSPS) is 20.0. The van der Waals surface area contributed by atoms with Crippen molar-refractivity contribution in [3.8, 4) is 0 Å². The fourth-order valence-electron chi connectivity index (χ4n) is 2.20. The van der Waals surface area contributed by atoms with Crippen LogP contribution in [-0.4, -0.2) is 37.6 Å². The van der Waals surface area contributed by atoms with E-state index in [-0.39, 0.29) is 11.9 Å². The van der Waals surface area contributed by atoms with Crippen LogP contribution in [0.5, 0.6) is 0 Å². The third-order valence-corrected chi connectivity index (χ3v) is 3.11. The maximum absolute atomic E-state index is 11.2.